The van der Waals surface area contributed by atoms with Crippen molar-refractivity contribution in [2.75, 3.05) is 12.3 Å². The molecule has 0 aliphatic rings. The lowest BCUT2D eigenvalue weighted by Crippen LogP contribution is -2.09. The van der Waals surface area contributed by atoms with Crippen LogP contribution in [0.2, 0.25) is 5.02 Å². The molecule has 0 aliphatic carbocycles. The van der Waals surface area contributed by atoms with Crippen molar-refractivity contribution in [1.29, 1.82) is 0 Å². The number of hydrogen-bond acceptors (Lipinski definition) is 4. The molecule has 2 aromatic carbocycles. The molecule has 0 aliphatic heterocycles. The van der Waals surface area contributed by atoms with Crippen molar-refractivity contribution in [1.82, 2.24) is 4.72 Å². The molecule has 0 amide bonds. The van der Waals surface area contributed by atoms with Gasteiger partial charge in [0.05, 0.1) is 22.8 Å². The highest BCUT2D eigenvalue weighted by Crippen LogP contribution is 2.42. The normalized spacial score (nSPS) is 11.7. The average Bonchev–Trinajstić information content (AvgIpc) is 2.47. The maximum atomic E-state index is 13.2. The van der Waals surface area contributed by atoms with Crippen LogP contribution in [-0.2, 0) is 12.6 Å². The second-order valence-corrected chi connectivity index (χ2v) is 5.73. The summed E-state index contributed by atoms with van der Waals surface area (Å²) in [5, 5.41) is -0.0385. The highest BCUT2D eigenvalue weighted by Gasteiger charge is 2.35. The Hall–Kier alpha value is -1.41. The molecule has 124 valence electrons. The van der Waals surface area contributed by atoms with Crippen molar-refractivity contribution in [3.8, 4) is 11.1 Å². The molecule has 3 nitrogen and oxygen atoms in total. The van der Waals surface area contributed by atoms with Gasteiger partial charge < -0.3 is 10.3 Å². The van der Waals surface area contributed by atoms with E-state index in [0.717, 1.165) is 11.6 Å². The van der Waals surface area contributed by atoms with E-state index in [-0.39, 0.29) is 16.3 Å². The van der Waals surface area contributed by atoms with E-state index in [4.69, 9.17) is 21.9 Å². The maximum Gasteiger partial charge on any atom is 0.417 e. The summed E-state index contributed by atoms with van der Waals surface area (Å²) in [6.45, 7) is 0.539. The molecule has 2 aromatic rings. The number of benzene rings is 2. The first-order chi connectivity index (χ1) is 10.8. The fraction of sp³-hybridized carbons (Fsp3) is 0.200. The second-order valence-electron chi connectivity index (χ2n) is 4.86. The molecule has 0 radical (unpaired) electrons. The lowest BCUT2D eigenvalue weighted by Gasteiger charge is -2.16. The summed E-state index contributed by atoms with van der Waals surface area (Å²) in [7, 11) is 0. The molecule has 0 saturated heterocycles. The topological polar surface area (TPSA) is 58.3 Å². The Bertz CT molecular complexity index is 678. The summed E-state index contributed by atoms with van der Waals surface area (Å²) in [6.07, 6.45) is -3.91. The van der Waals surface area contributed by atoms with Crippen LogP contribution in [0.4, 0.5) is 18.9 Å². The minimum Gasteiger partial charge on any atom is -0.399 e. The third kappa shape index (κ3) is 4.54. The molecule has 0 unspecified atom stereocenters. The van der Waals surface area contributed by atoms with Crippen LogP contribution < -0.4 is 10.5 Å². The lowest BCUT2D eigenvalue weighted by atomic mass is 9.97. The highest BCUT2D eigenvalue weighted by atomic mass is 35.5. The van der Waals surface area contributed by atoms with E-state index in [1.807, 2.05) is 0 Å². The van der Waals surface area contributed by atoms with E-state index in [9.17, 15) is 13.2 Å². The second kappa shape index (κ2) is 7.44. The van der Waals surface area contributed by atoms with Crippen molar-refractivity contribution in [2.45, 2.75) is 12.6 Å². The van der Waals surface area contributed by atoms with E-state index in [2.05, 4.69) is 4.72 Å². The fourth-order valence-corrected chi connectivity index (χ4v) is 2.75. The van der Waals surface area contributed by atoms with Gasteiger partial charge in [0.1, 0.15) is 0 Å². The van der Waals surface area contributed by atoms with Crippen LogP contribution in [0, 0.1) is 0 Å². The van der Waals surface area contributed by atoms with Gasteiger partial charge >= 0.3 is 6.18 Å². The van der Waals surface area contributed by atoms with Crippen LogP contribution in [0.1, 0.15) is 11.1 Å². The predicted octanol–water partition coefficient (Wildman–Crippen LogP) is 4.86. The molecule has 0 spiro atoms. The van der Waals surface area contributed by atoms with Crippen molar-refractivity contribution in [2.24, 2.45) is 0 Å². The monoisotopic (exact) mass is 362 g/mol. The molecule has 0 aromatic heterocycles. The average molecular weight is 363 g/mol. The summed E-state index contributed by atoms with van der Waals surface area (Å²) in [5.74, 6) is 0. The van der Waals surface area contributed by atoms with E-state index >= 15 is 0 Å². The smallest absolute Gasteiger partial charge is 0.399 e. The zero-order chi connectivity index (χ0) is 17.0. The van der Waals surface area contributed by atoms with Gasteiger partial charge in [-0.15, -0.1) is 0 Å². The standard InChI is InChI=1S/C15H14ClF3N2OS/c16-13-8-11(20)7-12(15(17,18)19)14(13)10-3-1-9(2-4-10)5-6-21-23-22/h1-4,7-8,21-22H,5-6,20H2. The van der Waals surface area contributed by atoms with Gasteiger partial charge in [-0.1, -0.05) is 35.9 Å². The van der Waals surface area contributed by atoms with Gasteiger partial charge in [-0.05, 0) is 29.7 Å². The Kier molecular flexibility index (Phi) is 5.80. The SMILES string of the molecule is Nc1cc(Cl)c(-c2ccc(CCNSO)cc2)c(C(F)(F)F)c1. The van der Waals surface area contributed by atoms with Gasteiger partial charge in [0.25, 0.3) is 0 Å². The van der Waals surface area contributed by atoms with Gasteiger partial charge in [-0.2, -0.15) is 13.2 Å². The molecule has 0 saturated carbocycles. The van der Waals surface area contributed by atoms with Crippen molar-refractivity contribution in [3.63, 3.8) is 0 Å². The molecule has 4 N–H and O–H groups in total. The fourth-order valence-electron chi connectivity index (χ4n) is 2.22. The van der Waals surface area contributed by atoms with E-state index in [1.54, 1.807) is 24.3 Å². The number of nitrogens with one attached hydrogen (secondary N) is 1. The van der Waals surface area contributed by atoms with Gasteiger partial charge in [0.2, 0.25) is 0 Å². The van der Waals surface area contributed by atoms with Crippen LogP contribution >= 0.6 is 23.8 Å². The first-order valence-corrected chi connectivity index (χ1v) is 7.77. The number of nitrogens with two attached hydrogens (primary N) is 1. The highest BCUT2D eigenvalue weighted by molar-refractivity contribution is 7.91. The van der Waals surface area contributed by atoms with Crippen LogP contribution in [0.3, 0.4) is 0 Å². The van der Waals surface area contributed by atoms with Gasteiger partial charge in [-0.25, -0.2) is 4.72 Å². The number of anilines is 1. The first-order valence-electron chi connectivity index (χ1n) is 6.61. The van der Waals surface area contributed by atoms with Crippen LogP contribution in [0.15, 0.2) is 36.4 Å². The number of nitrogen functional groups attached to an aromatic ring is 1. The van der Waals surface area contributed by atoms with E-state index in [0.29, 0.717) is 30.8 Å². The first kappa shape index (κ1) is 17.9. The van der Waals surface area contributed by atoms with Gasteiger partial charge in [0, 0.05) is 17.8 Å². The summed E-state index contributed by atoms with van der Waals surface area (Å²) >= 11 is 6.52. The summed E-state index contributed by atoms with van der Waals surface area (Å²) in [4.78, 5) is 0. The number of hydrogen-bond donors (Lipinski definition) is 3. The molecule has 0 heterocycles. The molecule has 23 heavy (non-hydrogen) atoms. The van der Waals surface area contributed by atoms with Crippen molar-refractivity contribution in [3.05, 3.63) is 52.5 Å². The summed E-state index contributed by atoms with van der Waals surface area (Å²) < 4.78 is 50.9. The summed E-state index contributed by atoms with van der Waals surface area (Å²) in [6, 6.07) is 8.83. The van der Waals surface area contributed by atoms with Crippen molar-refractivity contribution < 1.29 is 17.7 Å². The number of alkyl halides is 3. The Morgan fingerprint density at radius 2 is 1.83 bits per heavy atom. The molecular formula is C15H14ClF3N2OS. The van der Waals surface area contributed by atoms with Crippen LogP contribution in [0.5, 0.6) is 0 Å². The Balaban J connectivity index is 2.38. The Morgan fingerprint density at radius 1 is 1.17 bits per heavy atom. The van der Waals surface area contributed by atoms with Gasteiger partial charge in [0.15, 0.2) is 0 Å². The minimum absolute atomic E-state index is 0.0322. The quantitative estimate of drug-likeness (QED) is 0.307. The largest absolute Gasteiger partial charge is 0.417 e. The summed E-state index contributed by atoms with van der Waals surface area (Å²) in [5.41, 5.74) is 5.81. The number of rotatable bonds is 5. The molecule has 0 fully saturated rings. The van der Waals surface area contributed by atoms with Crippen LogP contribution in [-0.4, -0.2) is 11.1 Å². The molecule has 0 bridgehead atoms. The third-order valence-corrected chi connectivity index (χ3v) is 3.87. The van der Waals surface area contributed by atoms with Gasteiger partial charge in [-0.3, -0.25) is 0 Å². The predicted molar refractivity (Wildman–Crippen MR) is 88.2 cm³/mol. The number of halogens is 4. The molecule has 2 rings (SSSR count). The third-order valence-electron chi connectivity index (χ3n) is 3.24. The molecule has 0 atom stereocenters. The van der Waals surface area contributed by atoms with E-state index in [1.165, 1.54) is 6.07 Å². The Morgan fingerprint density at radius 3 is 2.39 bits per heavy atom. The maximum absolute atomic E-state index is 13.2. The molecular weight excluding hydrogens is 349 g/mol. The molecule has 8 heteroatoms. The zero-order valence-electron chi connectivity index (χ0n) is 11.8. The van der Waals surface area contributed by atoms with E-state index < -0.39 is 11.7 Å². The minimum atomic E-state index is -4.55. The van der Waals surface area contributed by atoms with Crippen molar-refractivity contribution >= 4 is 29.5 Å². The Labute approximate surface area is 141 Å². The lowest BCUT2D eigenvalue weighted by molar-refractivity contribution is -0.137. The zero-order valence-corrected chi connectivity index (χ0v) is 13.4. The van der Waals surface area contributed by atoms with Crippen LogP contribution in [0.25, 0.3) is 11.1 Å².